The van der Waals surface area contributed by atoms with E-state index in [9.17, 15) is 0 Å². The molecular weight excluding hydrogens is 332 g/mol. The van der Waals surface area contributed by atoms with Crippen LogP contribution in [-0.2, 0) is 13.1 Å². The Morgan fingerprint density at radius 1 is 0.778 bits per heavy atom. The van der Waals surface area contributed by atoms with Crippen molar-refractivity contribution in [1.82, 2.24) is 15.1 Å². The highest BCUT2D eigenvalue weighted by Crippen LogP contribution is 2.23. The predicted molar refractivity (Wildman–Crippen MR) is 113 cm³/mol. The van der Waals surface area contributed by atoms with Crippen LogP contribution in [0.4, 0.5) is 0 Å². The molecule has 0 aliphatic carbocycles. The summed E-state index contributed by atoms with van der Waals surface area (Å²) in [5.74, 6) is 0. The minimum absolute atomic E-state index is 0.396. The fourth-order valence-electron chi connectivity index (χ4n) is 4.15. The molecule has 2 heterocycles. The molecule has 2 aliphatic heterocycles. The van der Waals surface area contributed by atoms with Crippen molar-refractivity contribution >= 4 is 0 Å². The van der Waals surface area contributed by atoms with Crippen molar-refractivity contribution in [2.24, 2.45) is 5.73 Å². The van der Waals surface area contributed by atoms with E-state index in [1.807, 2.05) is 0 Å². The summed E-state index contributed by atoms with van der Waals surface area (Å²) in [6, 6.07) is 18.5. The molecule has 0 unspecified atom stereocenters. The van der Waals surface area contributed by atoms with Gasteiger partial charge in [0.05, 0.1) is 0 Å². The topological polar surface area (TPSA) is 44.5 Å². The SMILES string of the molecule is NC1CCN(Cc2cccc(-c3ccc(CN4CCNCC4)cc3)c2)CC1. The minimum Gasteiger partial charge on any atom is -0.328 e. The van der Waals surface area contributed by atoms with Crippen LogP contribution in [0.25, 0.3) is 11.1 Å². The van der Waals surface area contributed by atoms with Crippen molar-refractivity contribution < 1.29 is 0 Å². The summed E-state index contributed by atoms with van der Waals surface area (Å²) in [5.41, 5.74) is 11.5. The van der Waals surface area contributed by atoms with E-state index < -0.39 is 0 Å². The van der Waals surface area contributed by atoms with Gasteiger partial charge in [0.15, 0.2) is 0 Å². The van der Waals surface area contributed by atoms with Gasteiger partial charge in [-0.05, 0) is 54.3 Å². The van der Waals surface area contributed by atoms with E-state index in [2.05, 4.69) is 63.6 Å². The Balaban J connectivity index is 1.39. The summed E-state index contributed by atoms with van der Waals surface area (Å²) in [4.78, 5) is 5.05. The second kappa shape index (κ2) is 8.98. The van der Waals surface area contributed by atoms with Crippen LogP contribution >= 0.6 is 0 Å². The van der Waals surface area contributed by atoms with E-state index in [0.29, 0.717) is 6.04 Å². The van der Waals surface area contributed by atoms with Gasteiger partial charge in [-0.15, -0.1) is 0 Å². The lowest BCUT2D eigenvalue weighted by Crippen LogP contribution is -2.42. The lowest BCUT2D eigenvalue weighted by Gasteiger charge is -2.30. The van der Waals surface area contributed by atoms with E-state index in [4.69, 9.17) is 5.73 Å². The van der Waals surface area contributed by atoms with Crippen LogP contribution in [0, 0.1) is 0 Å². The molecule has 0 atom stereocenters. The first-order chi connectivity index (χ1) is 13.3. The average Bonchev–Trinajstić information content (AvgIpc) is 2.71. The number of piperazine rings is 1. The van der Waals surface area contributed by atoms with Crippen LogP contribution in [0.2, 0.25) is 0 Å². The van der Waals surface area contributed by atoms with Gasteiger partial charge in [0.1, 0.15) is 0 Å². The van der Waals surface area contributed by atoms with Gasteiger partial charge in [0.25, 0.3) is 0 Å². The Hall–Kier alpha value is -1.72. The molecule has 4 rings (SSSR count). The number of hydrogen-bond acceptors (Lipinski definition) is 4. The van der Waals surface area contributed by atoms with Crippen molar-refractivity contribution in [1.29, 1.82) is 0 Å². The maximum absolute atomic E-state index is 6.03. The zero-order chi connectivity index (χ0) is 18.5. The van der Waals surface area contributed by atoms with E-state index in [1.54, 1.807) is 0 Å². The number of nitrogens with two attached hydrogens (primary N) is 1. The highest BCUT2D eigenvalue weighted by Gasteiger charge is 2.16. The van der Waals surface area contributed by atoms with Crippen molar-refractivity contribution in [3.05, 3.63) is 59.7 Å². The third-order valence-electron chi connectivity index (χ3n) is 5.87. The van der Waals surface area contributed by atoms with Gasteiger partial charge in [-0.3, -0.25) is 9.80 Å². The lowest BCUT2D eigenvalue weighted by atomic mass is 10.0. The van der Waals surface area contributed by atoms with Crippen LogP contribution in [0.1, 0.15) is 24.0 Å². The molecule has 4 nitrogen and oxygen atoms in total. The number of piperidine rings is 1. The summed E-state index contributed by atoms with van der Waals surface area (Å²) in [6.45, 7) is 8.82. The largest absolute Gasteiger partial charge is 0.328 e. The summed E-state index contributed by atoms with van der Waals surface area (Å²) in [7, 11) is 0. The second-order valence-electron chi connectivity index (χ2n) is 8.04. The van der Waals surface area contributed by atoms with Crippen LogP contribution in [0.3, 0.4) is 0 Å². The summed E-state index contributed by atoms with van der Waals surface area (Å²) < 4.78 is 0. The fourth-order valence-corrected chi connectivity index (χ4v) is 4.15. The molecule has 2 aliphatic rings. The maximum atomic E-state index is 6.03. The molecule has 0 aromatic heterocycles. The number of benzene rings is 2. The monoisotopic (exact) mass is 364 g/mol. The molecule has 2 saturated heterocycles. The Labute approximate surface area is 163 Å². The molecule has 2 aromatic carbocycles. The minimum atomic E-state index is 0.396. The molecule has 2 aromatic rings. The van der Waals surface area contributed by atoms with Crippen molar-refractivity contribution in [2.45, 2.75) is 32.0 Å². The predicted octanol–water partition coefficient (Wildman–Crippen LogP) is 2.68. The van der Waals surface area contributed by atoms with Gasteiger partial charge < -0.3 is 11.1 Å². The molecule has 0 bridgehead atoms. The second-order valence-corrected chi connectivity index (χ2v) is 8.04. The molecule has 0 spiro atoms. The Bertz CT molecular complexity index is 713. The van der Waals surface area contributed by atoms with Gasteiger partial charge in [0.2, 0.25) is 0 Å². The van der Waals surface area contributed by atoms with Crippen molar-refractivity contribution in [2.75, 3.05) is 39.3 Å². The molecule has 3 N–H and O–H groups in total. The highest BCUT2D eigenvalue weighted by molar-refractivity contribution is 5.64. The summed E-state index contributed by atoms with van der Waals surface area (Å²) in [5, 5.41) is 3.42. The first kappa shape index (κ1) is 18.6. The van der Waals surface area contributed by atoms with Crippen LogP contribution in [0.15, 0.2) is 48.5 Å². The van der Waals surface area contributed by atoms with E-state index in [1.165, 1.54) is 22.3 Å². The number of likely N-dealkylation sites (tertiary alicyclic amines) is 1. The van der Waals surface area contributed by atoms with E-state index in [0.717, 1.165) is 65.2 Å². The van der Waals surface area contributed by atoms with Crippen molar-refractivity contribution in [3.8, 4) is 11.1 Å². The molecule has 0 radical (unpaired) electrons. The van der Waals surface area contributed by atoms with Gasteiger partial charge >= 0.3 is 0 Å². The van der Waals surface area contributed by atoms with Crippen molar-refractivity contribution in [3.63, 3.8) is 0 Å². The molecule has 2 fully saturated rings. The Kier molecular flexibility index (Phi) is 6.20. The smallest absolute Gasteiger partial charge is 0.0234 e. The fraction of sp³-hybridized carbons (Fsp3) is 0.478. The van der Waals surface area contributed by atoms with E-state index >= 15 is 0 Å². The number of hydrogen-bond donors (Lipinski definition) is 2. The third-order valence-corrected chi connectivity index (χ3v) is 5.87. The van der Waals surface area contributed by atoms with Crippen LogP contribution < -0.4 is 11.1 Å². The van der Waals surface area contributed by atoms with Gasteiger partial charge in [0, 0.05) is 45.3 Å². The molecule has 0 saturated carbocycles. The normalized spacial score (nSPS) is 20.0. The third kappa shape index (κ3) is 5.17. The van der Waals surface area contributed by atoms with Crippen LogP contribution in [-0.4, -0.2) is 55.1 Å². The summed E-state index contributed by atoms with van der Waals surface area (Å²) in [6.07, 6.45) is 2.24. The Morgan fingerprint density at radius 2 is 1.44 bits per heavy atom. The van der Waals surface area contributed by atoms with Gasteiger partial charge in [-0.25, -0.2) is 0 Å². The first-order valence-electron chi connectivity index (χ1n) is 10.4. The maximum Gasteiger partial charge on any atom is 0.0234 e. The molecular formula is C23H32N4. The van der Waals surface area contributed by atoms with E-state index in [-0.39, 0.29) is 0 Å². The average molecular weight is 365 g/mol. The van der Waals surface area contributed by atoms with Crippen LogP contribution in [0.5, 0.6) is 0 Å². The molecule has 4 heteroatoms. The highest BCUT2D eigenvalue weighted by atomic mass is 15.2. The Morgan fingerprint density at radius 3 is 2.19 bits per heavy atom. The van der Waals surface area contributed by atoms with Gasteiger partial charge in [-0.2, -0.15) is 0 Å². The number of nitrogens with one attached hydrogen (secondary N) is 1. The zero-order valence-corrected chi connectivity index (χ0v) is 16.2. The van der Waals surface area contributed by atoms with Gasteiger partial charge in [-0.1, -0.05) is 42.5 Å². The zero-order valence-electron chi connectivity index (χ0n) is 16.2. The molecule has 144 valence electrons. The molecule has 0 amide bonds. The lowest BCUT2D eigenvalue weighted by molar-refractivity contribution is 0.205. The summed E-state index contributed by atoms with van der Waals surface area (Å²) >= 11 is 0. The quantitative estimate of drug-likeness (QED) is 0.856. The number of nitrogens with zero attached hydrogens (tertiary/aromatic N) is 2. The molecule has 27 heavy (non-hydrogen) atoms. The number of rotatable bonds is 5. The standard InChI is InChI=1S/C23H32N4/c24-23-8-12-26(13-9-23)18-20-2-1-3-22(16-20)21-6-4-19(5-7-21)17-27-14-10-25-11-15-27/h1-7,16,23,25H,8-15,17-18,24H2. The first-order valence-corrected chi connectivity index (χ1v) is 10.4.